The Labute approximate surface area is 150 Å². The van der Waals surface area contributed by atoms with Crippen LogP contribution in [-0.4, -0.2) is 17.5 Å². The van der Waals surface area contributed by atoms with Crippen LogP contribution in [0, 0.1) is 20.8 Å². The van der Waals surface area contributed by atoms with Crippen molar-refractivity contribution < 1.29 is 18.3 Å². The Bertz CT molecular complexity index is 753. The molecule has 1 N–H and O–H groups in total. The Morgan fingerprint density at radius 3 is 2.36 bits per heavy atom. The zero-order chi connectivity index (χ0) is 18.8. The molecule has 25 heavy (non-hydrogen) atoms. The molecule has 4 nitrogen and oxygen atoms in total. The highest BCUT2D eigenvalue weighted by Gasteiger charge is 2.30. The molecule has 0 bridgehead atoms. The monoisotopic (exact) mass is 368 g/mol. The van der Waals surface area contributed by atoms with E-state index in [9.17, 15) is 13.6 Å². The number of rotatable bonds is 6. The molecule has 1 atom stereocenters. The van der Waals surface area contributed by atoms with Crippen molar-refractivity contribution >= 4 is 17.2 Å². The topological polar surface area (TPSA) is 51.2 Å². The third-order valence-electron chi connectivity index (χ3n) is 4.12. The van der Waals surface area contributed by atoms with Gasteiger partial charge in [-0.2, -0.15) is 8.78 Å². The van der Waals surface area contributed by atoms with Gasteiger partial charge in [-0.1, -0.05) is 6.92 Å². The van der Waals surface area contributed by atoms with Crippen molar-refractivity contribution in [1.29, 1.82) is 0 Å². The highest BCUT2D eigenvalue weighted by Crippen LogP contribution is 2.30. The Balaban J connectivity index is 2.28. The molecule has 0 aliphatic carbocycles. The summed E-state index contributed by atoms with van der Waals surface area (Å²) < 4.78 is 29.5. The van der Waals surface area contributed by atoms with Crippen molar-refractivity contribution in [3.8, 4) is 5.75 Å². The number of nitrogens with one attached hydrogen (secondary N) is 1. The molecule has 7 heteroatoms. The highest BCUT2D eigenvalue weighted by molar-refractivity contribution is 7.09. The van der Waals surface area contributed by atoms with Crippen LogP contribution in [0.25, 0.3) is 0 Å². The number of amides is 1. The van der Waals surface area contributed by atoms with Crippen LogP contribution >= 0.6 is 11.3 Å². The molecule has 2 rings (SSSR count). The van der Waals surface area contributed by atoms with Gasteiger partial charge >= 0.3 is 6.61 Å². The minimum Gasteiger partial charge on any atom is -0.434 e. The number of aryl methyl sites for hydroxylation is 3. The fourth-order valence-electron chi connectivity index (χ4n) is 2.58. The molecule has 0 aliphatic heterocycles. The molecule has 0 aliphatic rings. The van der Waals surface area contributed by atoms with Crippen LogP contribution in [0.2, 0.25) is 0 Å². The molecular weight excluding hydrogens is 346 g/mol. The highest BCUT2D eigenvalue weighted by atomic mass is 32.1. The minimum absolute atomic E-state index is 0.111. The molecule has 0 radical (unpaired) electrons. The van der Waals surface area contributed by atoms with E-state index in [2.05, 4.69) is 15.0 Å². The molecule has 1 heterocycles. The number of hydrogen-bond acceptors (Lipinski definition) is 4. The van der Waals surface area contributed by atoms with Crippen molar-refractivity contribution in [3.63, 3.8) is 0 Å². The predicted octanol–water partition coefficient (Wildman–Crippen LogP) is 4.72. The first-order valence-electron chi connectivity index (χ1n) is 7.97. The molecule has 2 aromatic rings. The Hall–Kier alpha value is -2.02. The van der Waals surface area contributed by atoms with Crippen molar-refractivity contribution in [1.82, 2.24) is 10.3 Å². The maximum absolute atomic E-state index is 12.7. The van der Waals surface area contributed by atoms with Gasteiger partial charge in [0, 0.05) is 16.6 Å². The molecule has 1 unspecified atom stereocenters. The summed E-state index contributed by atoms with van der Waals surface area (Å²) in [5.41, 5.74) is 1.72. The summed E-state index contributed by atoms with van der Waals surface area (Å²) in [6.45, 7) is 6.21. The number of ether oxygens (including phenoxy) is 1. The lowest BCUT2D eigenvalue weighted by Gasteiger charge is -2.27. The molecule has 0 saturated carbocycles. The van der Waals surface area contributed by atoms with Crippen molar-refractivity contribution in [3.05, 3.63) is 44.9 Å². The van der Waals surface area contributed by atoms with Gasteiger partial charge in [0.1, 0.15) is 10.8 Å². The first kappa shape index (κ1) is 19.3. The molecule has 0 fully saturated rings. The fourth-order valence-corrected chi connectivity index (χ4v) is 3.57. The molecule has 1 aromatic heterocycles. The second kappa shape index (κ2) is 7.47. The number of carbonyl (C=O) groups excluding carboxylic acids is 1. The van der Waals surface area contributed by atoms with Crippen LogP contribution in [0.1, 0.15) is 52.5 Å². The van der Waals surface area contributed by atoms with Gasteiger partial charge in [-0.05, 0) is 57.4 Å². The number of thiazole rings is 1. The van der Waals surface area contributed by atoms with Crippen LogP contribution < -0.4 is 10.1 Å². The lowest BCUT2D eigenvalue weighted by atomic mass is 9.98. The van der Waals surface area contributed by atoms with Crippen molar-refractivity contribution in [2.24, 2.45) is 0 Å². The second-order valence-electron chi connectivity index (χ2n) is 6.25. The summed E-state index contributed by atoms with van der Waals surface area (Å²) in [6.07, 6.45) is 0.677. The van der Waals surface area contributed by atoms with E-state index in [-0.39, 0.29) is 11.7 Å². The maximum atomic E-state index is 12.7. The van der Waals surface area contributed by atoms with Gasteiger partial charge in [-0.15, -0.1) is 11.3 Å². The van der Waals surface area contributed by atoms with Gasteiger partial charge in [-0.3, -0.25) is 4.79 Å². The number of hydrogen-bond donors (Lipinski definition) is 1. The number of alkyl halides is 2. The van der Waals surface area contributed by atoms with E-state index < -0.39 is 12.2 Å². The molecule has 0 spiro atoms. The van der Waals surface area contributed by atoms with E-state index in [1.165, 1.54) is 11.3 Å². The zero-order valence-electron chi connectivity index (χ0n) is 14.9. The van der Waals surface area contributed by atoms with Gasteiger partial charge in [0.05, 0.1) is 5.54 Å². The van der Waals surface area contributed by atoms with Gasteiger partial charge in [0.25, 0.3) is 5.91 Å². The normalized spacial score (nSPS) is 13.6. The van der Waals surface area contributed by atoms with Crippen LogP contribution in [0.4, 0.5) is 8.78 Å². The molecule has 1 amide bonds. The van der Waals surface area contributed by atoms with Crippen molar-refractivity contribution in [2.75, 3.05) is 0 Å². The largest absolute Gasteiger partial charge is 0.434 e. The van der Waals surface area contributed by atoms with Crippen LogP contribution in [-0.2, 0) is 5.54 Å². The van der Waals surface area contributed by atoms with Crippen LogP contribution in [0.15, 0.2) is 17.5 Å². The third kappa shape index (κ3) is 4.34. The molecule has 1 aromatic carbocycles. The summed E-state index contributed by atoms with van der Waals surface area (Å²) in [4.78, 5) is 17.2. The summed E-state index contributed by atoms with van der Waals surface area (Å²) >= 11 is 1.50. The van der Waals surface area contributed by atoms with E-state index in [1.807, 2.05) is 26.2 Å². The summed E-state index contributed by atoms with van der Waals surface area (Å²) in [6, 6.07) is 3.12. The molecule has 136 valence electrons. The number of halogens is 2. The summed E-state index contributed by atoms with van der Waals surface area (Å²) in [5, 5.41) is 5.81. The van der Waals surface area contributed by atoms with E-state index >= 15 is 0 Å². The van der Waals surface area contributed by atoms with Gasteiger partial charge in [-0.25, -0.2) is 4.98 Å². The number of nitrogens with zero attached hydrogens (tertiary/aromatic N) is 1. The van der Waals surface area contributed by atoms with Gasteiger partial charge in [0.2, 0.25) is 0 Å². The predicted molar refractivity (Wildman–Crippen MR) is 94.5 cm³/mol. The fraction of sp³-hybridized carbons (Fsp3) is 0.444. The minimum atomic E-state index is -2.89. The van der Waals surface area contributed by atoms with Gasteiger partial charge in [0.15, 0.2) is 0 Å². The Morgan fingerprint density at radius 2 is 1.92 bits per heavy atom. The second-order valence-corrected chi connectivity index (χ2v) is 7.11. The first-order chi connectivity index (χ1) is 11.7. The van der Waals surface area contributed by atoms with Gasteiger partial charge < -0.3 is 10.1 Å². The average molecular weight is 368 g/mol. The summed E-state index contributed by atoms with van der Waals surface area (Å²) in [7, 11) is 0. The SMILES string of the molecule is CCC(C)(NC(=O)c1cc(C)c(OC(F)F)c(C)c1)c1nc(C)cs1. The smallest absolute Gasteiger partial charge is 0.387 e. The number of aromatic nitrogens is 1. The average Bonchev–Trinajstić information content (AvgIpc) is 2.97. The zero-order valence-corrected chi connectivity index (χ0v) is 15.8. The van der Waals surface area contributed by atoms with Crippen LogP contribution in [0.3, 0.4) is 0 Å². The van der Waals surface area contributed by atoms with E-state index in [0.717, 1.165) is 10.7 Å². The van der Waals surface area contributed by atoms with E-state index in [1.54, 1.807) is 26.0 Å². The standard InChI is InChI=1S/C18H22F2N2O2S/c1-6-18(5,16-21-12(4)9-25-16)22-15(23)13-7-10(2)14(11(3)8-13)24-17(19)20/h7-9,17H,6H2,1-5H3,(H,22,23). The maximum Gasteiger partial charge on any atom is 0.387 e. The molecule has 0 saturated heterocycles. The first-order valence-corrected chi connectivity index (χ1v) is 8.85. The summed E-state index contributed by atoms with van der Waals surface area (Å²) in [5.74, 6) is -0.160. The van der Waals surface area contributed by atoms with E-state index in [0.29, 0.717) is 23.1 Å². The Morgan fingerprint density at radius 1 is 1.32 bits per heavy atom. The Kier molecular flexibility index (Phi) is 5.77. The van der Waals surface area contributed by atoms with Crippen LogP contribution in [0.5, 0.6) is 5.75 Å². The quantitative estimate of drug-likeness (QED) is 0.802. The molecular formula is C18H22F2N2O2S. The lowest BCUT2D eigenvalue weighted by molar-refractivity contribution is -0.0507. The number of benzene rings is 1. The van der Waals surface area contributed by atoms with Crippen molar-refractivity contribution in [2.45, 2.75) is 53.2 Å². The lowest BCUT2D eigenvalue weighted by Crippen LogP contribution is -2.43. The third-order valence-corrected chi connectivity index (χ3v) is 5.34. The van der Waals surface area contributed by atoms with E-state index in [4.69, 9.17) is 0 Å². The number of carbonyl (C=O) groups is 1.